The van der Waals surface area contributed by atoms with Crippen LogP contribution in [0.1, 0.15) is 40.0 Å². The third kappa shape index (κ3) is 5.08. The Morgan fingerprint density at radius 2 is 2.10 bits per heavy atom. The van der Waals surface area contributed by atoms with E-state index in [1.807, 2.05) is 20.8 Å². The molecule has 2 unspecified atom stereocenters. The number of alkyl carbamates (subject to hydrolysis) is 1. The van der Waals surface area contributed by atoms with Gasteiger partial charge in [-0.05, 0) is 46.1 Å². The number of hydrogen-bond donors (Lipinski definition) is 2. The first-order valence-electron chi connectivity index (χ1n) is 7.19. The first-order chi connectivity index (χ1) is 9.83. The van der Waals surface area contributed by atoms with Gasteiger partial charge >= 0.3 is 6.09 Å². The Kier molecular flexibility index (Phi) is 4.93. The molecule has 1 heterocycles. The van der Waals surface area contributed by atoms with Crippen molar-refractivity contribution in [2.75, 3.05) is 5.32 Å². The van der Waals surface area contributed by atoms with Gasteiger partial charge in [-0.25, -0.2) is 4.79 Å². The third-order valence-corrected chi connectivity index (χ3v) is 3.61. The first kappa shape index (κ1) is 15.9. The van der Waals surface area contributed by atoms with Gasteiger partial charge < -0.3 is 15.4 Å². The van der Waals surface area contributed by atoms with Crippen molar-refractivity contribution in [3.63, 3.8) is 0 Å². The number of ether oxygens (including phenoxy) is 1. The highest BCUT2D eigenvalue weighted by Crippen LogP contribution is 2.26. The normalized spacial score (nSPS) is 21.9. The predicted molar refractivity (Wildman–Crippen MR) is 83.7 cm³/mol. The lowest BCUT2D eigenvalue weighted by Gasteiger charge is -2.22. The molecule has 1 aliphatic carbocycles. The molecule has 1 amide bonds. The van der Waals surface area contributed by atoms with Crippen molar-refractivity contribution < 1.29 is 9.53 Å². The zero-order chi connectivity index (χ0) is 15.5. The molecule has 0 aliphatic heterocycles. The summed E-state index contributed by atoms with van der Waals surface area (Å²) in [7, 11) is 0. The van der Waals surface area contributed by atoms with E-state index < -0.39 is 5.60 Å². The van der Waals surface area contributed by atoms with Gasteiger partial charge in [0.1, 0.15) is 5.60 Å². The monoisotopic (exact) mass is 311 g/mol. The summed E-state index contributed by atoms with van der Waals surface area (Å²) in [5.74, 6) is 0. The summed E-state index contributed by atoms with van der Waals surface area (Å²) in [6.45, 7) is 5.57. The minimum absolute atomic E-state index is 0.132. The van der Waals surface area contributed by atoms with Crippen molar-refractivity contribution in [3.05, 3.63) is 23.5 Å². The van der Waals surface area contributed by atoms with Crippen molar-refractivity contribution in [1.29, 1.82) is 0 Å². The number of pyridine rings is 1. The number of halogens is 1. The number of amides is 1. The predicted octanol–water partition coefficient (Wildman–Crippen LogP) is 3.59. The van der Waals surface area contributed by atoms with E-state index in [-0.39, 0.29) is 18.2 Å². The van der Waals surface area contributed by atoms with E-state index in [2.05, 4.69) is 15.6 Å². The van der Waals surface area contributed by atoms with Gasteiger partial charge in [0.25, 0.3) is 0 Å². The molecule has 1 saturated carbocycles. The van der Waals surface area contributed by atoms with Crippen LogP contribution in [0.4, 0.5) is 10.5 Å². The molecule has 1 aromatic rings. The van der Waals surface area contributed by atoms with E-state index in [4.69, 9.17) is 16.3 Å². The number of rotatable bonds is 3. The topological polar surface area (TPSA) is 63.2 Å². The van der Waals surface area contributed by atoms with Gasteiger partial charge in [-0.15, -0.1) is 0 Å². The third-order valence-electron chi connectivity index (χ3n) is 3.28. The van der Waals surface area contributed by atoms with Crippen LogP contribution in [0.15, 0.2) is 18.5 Å². The van der Waals surface area contributed by atoms with E-state index in [1.54, 1.807) is 18.5 Å². The van der Waals surface area contributed by atoms with E-state index in [9.17, 15) is 4.79 Å². The van der Waals surface area contributed by atoms with Crippen molar-refractivity contribution >= 4 is 23.4 Å². The van der Waals surface area contributed by atoms with Gasteiger partial charge in [0.15, 0.2) is 0 Å². The number of carbonyl (C=O) groups is 1. The highest BCUT2D eigenvalue weighted by atomic mass is 35.5. The summed E-state index contributed by atoms with van der Waals surface area (Å²) in [5, 5.41) is 6.95. The molecule has 0 saturated heterocycles. The lowest BCUT2D eigenvalue weighted by atomic mass is 10.2. The van der Waals surface area contributed by atoms with Crippen LogP contribution < -0.4 is 10.6 Å². The van der Waals surface area contributed by atoms with Gasteiger partial charge in [-0.1, -0.05) is 11.6 Å². The van der Waals surface area contributed by atoms with E-state index in [1.165, 1.54) is 0 Å². The van der Waals surface area contributed by atoms with Crippen LogP contribution in [-0.4, -0.2) is 28.8 Å². The summed E-state index contributed by atoms with van der Waals surface area (Å²) >= 11 is 6.10. The van der Waals surface area contributed by atoms with Crippen molar-refractivity contribution in [2.45, 2.75) is 57.7 Å². The highest BCUT2D eigenvalue weighted by molar-refractivity contribution is 6.33. The van der Waals surface area contributed by atoms with Crippen LogP contribution in [-0.2, 0) is 4.74 Å². The molecule has 2 atom stereocenters. The molecule has 0 radical (unpaired) electrons. The number of hydrogen-bond acceptors (Lipinski definition) is 4. The summed E-state index contributed by atoms with van der Waals surface area (Å²) in [6.07, 6.45) is 5.78. The minimum atomic E-state index is -0.469. The average Bonchev–Trinajstić information content (AvgIpc) is 2.77. The molecule has 2 N–H and O–H groups in total. The van der Waals surface area contributed by atoms with Crippen LogP contribution in [0.25, 0.3) is 0 Å². The second kappa shape index (κ2) is 6.52. The maximum Gasteiger partial charge on any atom is 0.407 e. The van der Waals surface area contributed by atoms with Crippen LogP contribution >= 0.6 is 11.6 Å². The Balaban J connectivity index is 1.81. The SMILES string of the molecule is CC(C)(C)OC(=O)NC1CCC(Nc2cnccc2Cl)C1. The number of aromatic nitrogens is 1. The molecule has 1 aromatic heterocycles. The molecule has 116 valence electrons. The fourth-order valence-corrected chi connectivity index (χ4v) is 2.58. The molecule has 1 fully saturated rings. The molecule has 0 bridgehead atoms. The molecule has 6 heteroatoms. The maximum atomic E-state index is 11.7. The van der Waals surface area contributed by atoms with E-state index in [0.29, 0.717) is 5.02 Å². The van der Waals surface area contributed by atoms with Gasteiger partial charge in [-0.3, -0.25) is 4.98 Å². The first-order valence-corrected chi connectivity index (χ1v) is 7.57. The summed E-state index contributed by atoms with van der Waals surface area (Å²) < 4.78 is 5.27. The lowest BCUT2D eigenvalue weighted by Crippen LogP contribution is -2.38. The molecule has 21 heavy (non-hydrogen) atoms. The Bertz CT molecular complexity index is 502. The molecule has 1 aliphatic rings. The molecule has 5 nitrogen and oxygen atoms in total. The average molecular weight is 312 g/mol. The fraction of sp³-hybridized carbons (Fsp3) is 0.600. The number of nitrogens with one attached hydrogen (secondary N) is 2. The molecular weight excluding hydrogens is 290 g/mol. The number of anilines is 1. The van der Waals surface area contributed by atoms with E-state index in [0.717, 1.165) is 24.9 Å². The Labute approximate surface area is 130 Å². The van der Waals surface area contributed by atoms with Gasteiger partial charge in [0.2, 0.25) is 0 Å². The minimum Gasteiger partial charge on any atom is -0.444 e. The standard InChI is InChI=1S/C15H22ClN3O2/c1-15(2,3)21-14(20)19-11-5-4-10(8-11)18-13-9-17-7-6-12(13)16/h6-7,9-11,18H,4-5,8H2,1-3H3,(H,19,20). The highest BCUT2D eigenvalue weighted by Gasteiger charge is 2.27. The van der Waals surface area contributed by atoms with Crippen molar-refractivity contribution in [1.82, 2.24) is 10.3 Å². The van der Waals surface area contributed by atoms with E-state index >= 15 is 0 Å². The number of carbonyl (C=O) groups excluding carboxylic acids is 1. The molecule has 0 spiro atoms. The Hall–Kier alpha value is -1.49. The molecule has 2 rings (SSSR count). The zero-order valence-corrected chi connectivity index (χ0v) is 13.4. The van der Waals surface area contributed by atoms with Crippen molar-refractivity contribution in [3.8, 4) is 0 Å². The Morgan fingerprint density at radius 1 is 1.38 bits per heavy atom. The maximum absolute atomic E-state index is 11.7. The summed E-state index contributed by atoms with van der Waals surface area (Å²) in [4.78, 5) is 15.8. The van der Waals surface area contributed by atoms with Crippen LogP contribution in [0.5, 0.6) is 0 Å². The second-order valence-corrected chi connectivity index (χ2v) is 6.76. The largest absolute Gasteiger partial charge is 0.444 e. The second-order valence-electron chi connectivity index (χ2n) is 6.35. The molecule has 0 aromatic carbocycles. The van der Waals surface area contributed by atoms with Crippen LogP contribution in [0.3, 0.4) is 0 Å². The number of nitrogens with zero attached hydrogens (tertiary/aromatic N) is 1. The summed E-state index contributed by atoms with van der Waals surface area (Å²) in [5.41, 5.74) is 0.367. The zero-order valence-electron chi connectivity index (χ0n) is 12.6. The molecular formula is C15H22ClN3O2. The van der Waals surface area contributed by atoms with Gasteiger partial charge in [0.05, 0.1) is 16.9 Å². The quantitative estimate of drug-likeness (QED) is 0.895. The van der Waals surface area contributed by atoms with Crippen molar-refractivity contribution in [2.24, 2.45) is 0 Å². The van der Waals surface area contributed by atoms with Gasteiger partial charge in [-0.2, -0.15) is 0 Å². The lowest BCUT2D eigenvalue weighted by molar-refractivity contribution is 0.0505. The fourth-order valence-electron chi connectivity index (χ4n) is 2.42. The van der Waals surface area contributed by atoms with Gasteiger partial charge in [0, 0.05) is 18.3 Å². The smallest absolute Gasteiger partial charge is 0.407 e. The van der Waals surface area contributed by atoms with Crippen LogP contribution in [0.2, 0.25) is 5.02 Å². The summed E-state index contributed by atoms with van der Waals surface area (Å²) in [6, 6.07) is 2.18. The Morgan fingerprint density at radius 3 is 2.76 bits per heavy atom. The van der Waals surface area contributed by atoms with Crippen LogP contribution in [0, 0.1) is 0 Å².